The number of alkyl halides is 2. The molecule has 0 fully saturated rings. The highest BCUT2D eigenvalue weighted by Crippen LogP contribution is 2.32. The molecule has 1 heterocycles. The molecule has 0 radical (unpaired) electrons. The second-order valence-electron chi connectivity index (χ2n) is 2.58. The molecule has 0 aliphatic heterocycles. The molecule has 1 rings (SSSR count). The van der Waals surface area contributed by atoms with Gasteiger partial charge in [-0.2, -0.15) is 0 Å². The van der Waals surface area contributed by atoms with Crippen molar-refractivity contribution in [2.45, 2.75) is 13.0 Å². The van der Waals surface area contributed by atoms with Crippen LogP contribution in [0.25, 0.3) is 0 Å². The minimum Gasteiger partial charge on any atom is -0.358 e. The number of hydrogen-bond acceptors (Lipinski definition) is 4. The molecule has 0 saturated heterocycles. The SMILES string of the molecule is NCc1c(I)cnc([N+](=O)[O-])c1C(F)F. The van der Waals surface area contributed by atoms with Gasteiger partial charge in [0.25, 0.3) is 6.43 Å². The predicted molar refractivity (Wildman–Crippen MR) is 56.5 cm³/mol. The molecule has 2 N–H and O–H groups in total. The van der Waals surface area contributed by atoms with Crippen molar-refractivity contribution in [1.82, 2.24) is 4.98 Å². The van der Waals surface area contributed by atoms with Gasteiger partial charge in [-0.3, -0.25) is 0 Å². The highest BCUT2D eigenvalue weighted by molar-refractivity contribution is 14.1. The van der Waals surface area contributed by atoms with Crippen LogP contribution in [0, 0.1) is 13.7 Å². The lowest BCUT2D eigenvalue weighted by Crippen LogP contribution is -2.09. The molecule has 0 aliphatic rings. The third-order valence-corrected chi connectivity index (χ3v) is 2.68. The van der Waals surface area contributed by atoms with E-state index in [0.717, 1.165) is 6.20 Å². The number of nitrogens with two attached hydrogens (primary N) is 1. The summed E-state index contributed by atoms with van der Waals surface area (Å²) in [4.78, 5) is 12.9. The second-order valence-corrected chi connectivity index (χ2v) is 3.75. The molecular formula is C7H6F2IN3O2. The van der Waals surface area contributed by atoms with Gasteiger partial charge in [-0.05, 0) is 32.5 Å². The van der Waals surface area contributed by atoms with E-state index < -0.39 is 22.7 Å². The third-order valence-electron chi connectivity index (χ3n) is 1.75. The van der Waals surface area contributed by atoms with Gasteiger partial charge in [-0.1, -0.05) is 0 Å². The Morgan fingerprint density at radius 2 is 2.27 bits per heavy atom. The van der Waals surface area contributed by atoms with E-state index in [9.17, 15) is 18.9 Å². The Bertz CT molecular complexity index is 400. The van der Waals surface area contributed by atoms with Crippen molar-refractivity contribution in [2.24, 2.45) is 5.73 Å². The van der Waals surface area contributed by atoms with E-state index in [1.54, 1.807) is 22.6 Å². The summed E-state index contributed by atoms with van der Waals surface area (Å²) in [7, 11) is 0. The van der Waals surface area contributed by atoms with Gasteiger partial charge in [0.05, 0.1) is 3.57 Å². The number of aromatic nitrogens is 1. The molecule has 5 nitrogen and oxygen atoms in total. The Morgan fingerprint density at radius 3 is 2.67 bits per heavy atom. The topological polar surface area (TPSA) is 82.0 Å². The lowest BCUT2D eigenvalue weighted by Gasteiger charge is -2.07. The van der Waals surface area contributed by atoms with E-state index >= 15 is 0 Å². The number of halogens is 3. The Balaban J connectivity index is 3.49. The second kappa shape index (κ2) is 4.75. The van der Waals surface area contributed by atoms with Crippen LogP contribution in [0.15, 0.2) is 6.20 Å². The zero-order chi connectivity index (χ0) is 11.6. The fourth-order valence-electron chi connectivity index (χ4n) is 1.11. The molecule has 0 saturated carbocycles. The van der Waals surface area contributed by atoms with Crippen molar-refractivity contribution in [3.63, 3.8) is 0 Å². The van der Waals surface area contributed by atoms with Gasteiger partial charge in [-0.15, -0.1) is 0 Å². The Kier molecular flexibility index (Phi) is 3.85. The molecule has 0 atom stereocenters. The van der Waals surface area contributed by atoms with E-state index in [1.165, 1.54) is 0 Å². The van der Waals surface area contributed by atoms with Crippen LogP contribution in [-0.2, 0) is 6.54 Å². The normalized spacial score (nSPS) is 10.7. The molecule has 8 heteroatoms. The van der Waals surface area contributed by atoms with Gasteiger partial charge in [0.2, 0.25) is 0 Å². The fraction of sp³-hybridized carbons (Fsp3) is 0.286. The molecule has 0 bridgehead atoms. The first-order valence-corrected chi connectivity index (χ1v) is 4.86. The van der Waals surface area contributed by atoms with Crippen molar-refractivity contribution in [3.05, 3.63) is 31.0 Å². The highest BCUT2D eigenvalue weighted by Gasteiger charge is 2.28. The minimum absolute atomic E-state index is 0.0762. The van der Waals surface area contributed by atoms with Crippen LogP contribution in [0.1, 0.15) is 17.6 Å². The van der Waals surface area contributed by atoms with Gasteiger partial charge in [0.15, 0.2) is 6.20 Å². The summed E-state index contributed by atoms with van der Waals surface area (Å²) in [6.07, 6.45) is -1.79. The summed E-state index contributed by atoms with van der Waals surface area (Å²) in [5.74, 6) is -0.828. The molecule has 1 aromatic rings. The summed E-state index contributed by atoms with van der Waals surface area (Å²) in [5.41, 5.74) is 4.66. The van der Waals surface area contributed by atoms with Gasteiger partial charge >= 0.3 is 5.82 Å². The van der Waals surface area contributed by atoms with Crippen LogP contribution >= 0.6 is 22.6 Å². The first-order valence-electron chi connectivity index (χ1n) is 3.79. The lowest BCUT2D eigenvalue weighted by molar-refractivity contribution is -0.391. The standard InChI is InChI=1S/C7H6F2IN3O2/c8-6(9)5-3(1-11)4(10)2-12-7(5)13(14)15/h2,6H,1,11H2. The molecule has 0 aromatic carbocycles. The number of hydrogen-bond donors (Lipinski definition) is 1. The van der Waals surface area contributed by atoms with E-state index in [2.05, 4.69) is 4.98 Å². The highest BCUT2D eigenvalue weighted by atomic mass is 127. The molecule has 82 valence electrons. The van der Waals surface area contributed by atoms with Crippen LogP contribution < -0.4 is 5.73 Å². The Morgan fingerprint density at radius 1 is 1.67 bits per heavy atom. The maximum Gasteiger partial charge on any atom is 0.372 e. The summed E-state index contributed by atoms with van der Waals surface area (Å²) < 4.78 is 25.6. The van der Waals surface area contributed by atoms with Gasteiger partial charge in [-0.25, -0.2) is 8.78 Å². The number of nitrogens with zero attached hydrogens (tertiary/aromatic N) is 2. The smallest absolute Gasteiger partial charge is 0.358 e. The van der Waals surface area contributed by atoms with E-state index in [0.29, 0.717) is 3.57 Å². The van der Waals surface area contributed by atoms with Crippen molar-refractivity contribution in [1.29, 1.82) is 0 Å². The van der Waals surface area contributed by atoms with E-state index in [1.807, 2.05) is 0 Å². The molecule has 0 unspecified atom stereocenters. The molecule has 0 aliphatic carbocycles. The van der Waals surface area contributed by atoms with Crippen LogP contribution in [0.3, 0.4) is 0 Å². The fourth-order valence-corrected chi connectivity index (χ4v) is 1.76. The first kappa shape index (κ1) is 12.2. The van der Waals surface area contributed by atoms with Crippen molar-refractivity contribution < 1.29 is 13.7 Å². The monoisotopic (exact) mass is 329 g/mol. The first-order chi connectivity index (χ1) is 6.99. The van der Waals surface area contributed by atoms with Gasteiger partial charge in [0, 0.05) is 12.1 Å². The quantitative estimate of drug-likeness (QED) is 0.522. The summed E-state index contributed by atoms with van der Waals surface area (Å²) >= 11 is 1.76. The molecule has 1 aromatic heterocycles. The number of nitro groups is 1. The van der Waals surface area contributed by atoms with Crippen molar-refractivity contribution in [3.8, 4) is 0 Å². The zero-order valence-electron chi connectivity index (χ0n) is 7.28. The summed E-state index contributed by atoms with van der Waals surface area (Å²) in [6, 6.07) is 0. The molecular weight excluding hydrogens is 323 g/mol. The van der Waals surface area contributed by atoms with Gasteiger partial charge in [0.1, 0.15) is 5.56 Å². The predicted octanol–water partition coefficient (Wildman–Crippen LogP) is 1.99. The zero-order valence-corrected chi connectivity index (χ0v) is 9.44. The summed E-state index contributed by atoms with van der Waals surface area (Å²) in [5, 5.41) is 10.5. The minimum atomic E-state index is -2.95. The van der Waals surface area contributed by atoms with Crippen molar-refractivity contribution in [2.75, 3.05) is 0 Å². The largest absolute Gasteiger partial charge is 0.372 e. The van der Waals surface area contributed by atoms with Crippen LogP contribution in [0.2, 0.25) is 0 Å². The Hall–Kier alpha value is -0.900. The lowest BCUT2D eigenvalue weighted by atomic mass is 10.1. The number of rotatable bonds is 3. The van der Waals surface area contributed by atoms with E-state index in [4.69, 9.17) is 5.73 Å². The average molecular weight is 329 g/mol. The molecule has 0 spiro atoms. The van der Waals surface area contributed by atoms with E-state index in [-0.39, 0.29) is 12.1 Å². The van der Waals surface area contributed by atoms with Crippen molar-refractivity contribution >= 4 is 28.4 Å². The van der Waals surface area contributed by atoms with Gasteiger partial charge < -0.3 is 15.8 Å². The van der Waals surface area contributed by atoms with Crippen LogP contribution in [-0.4, -0.2) is 9.91 Å². The Labute approximate surface area is 97.0 Å². The maximum absolute atomic E-state index is 12.6. The van der Waals surface area contributed by atoms with Crippen LogP contribution in [0.5, 0.6) is 0 Å². The molecule has 0 amide bonds. The maximum atomic E-state index is 12.6. The summed E-state index contributed by atoms with van der Waals surface area (Å²) in [6.45, 7) is -0.179. The molecule has 15 heavy (non-hydrogen) atoms. The van der Waals surface area contributed by atoms with Crippen LogP contribution in [0.4, 0.5) is 14.6 Å². The number of pyridine rings is 1. The average Bonchev–Trinajstić information content (AvgIpc) is 2.16. The third kappa shape index (κ3) is 2.37.